The van der Waals surface area contributed by atoms with E-state index >= 15 is 0 Å². The first-order valence-electron chi connectivity index (χ1n) is 5.51. The number of halogens is 4. The minimum Gasteiger partial charge on any atom is -0.370 e. The molecular weight excluding hydrogens is 318 g/mol. The van der Waals surface area contributed by atoms with Crippen LogP contribution in [0.4, 0.5) is 0 Å². The van der Waals surface area contributed by atoms with E-state index in [1.54, 1.807) is 0 Å². The molecule has 0 aromatic heterocycles. The highest BCUT2D eigenvalue weighted by Crippen LogP contribution is 2.38. The zero-order chi connectivity index (χ0) is 13.3. The van der Waals surface area contributed by atoms with Crippen LogP contribution in [0.25, 0.3) is 0 Å². The molecule has 6 heteroatoms. The number of rotatable bonds is 2. The van der Waals surface area contributed by atoms with Crippen LogP contribution in [0.1, 0.15) is 29.6 Å². The first kappa shape index (κ1) is 14.4. The van der Waals surface area contributed by atoms with Gasteiger partial charge in [0, 0.05) is 6.61 Å². The van der Waals surface area contributed by atoms with Crippen molar-refractivity contribution >= 4 is 52.2 Å². The number of ketones is 1. The van der Waals surface area contributed by atoms with Gasteiger partial charge < -0.3 is 4.74 Å². The molecule has 0 spiro atoms. The molecule has 18 heavy (non-hydrogen) atoms. The van der Waals surface area contributed by atoms with E-state index in [0.717, 1.165) is 12.8 Å². The number of carbonyl (C=O) groups excluding carboxylic acids is 1. The van der Waals surface area contributed by atoms with Crippen molar-refractivity contribution in [2.75, 3.05) is 6.61 Å². The van der Waals surface area contributed by atoms with Crippen LogP contribution in [0.2, 0.25) is 20.1 Å². The molecule has 1 saturated heterocycles. The summed E-state index contributed by atoms with van der Waals surface area (Å²) in [5.41, 5.74) is 0.194. The van der Waals surface area contributed by atoms with E-state index in [1.165, 1.54) is 6.07 Å². The van der Waals surface area contributed by atoms with Crippen molar-refractivity contribution in [2.45, 2.75) is 25.4 Å². The summed E-state index contributed by atoms with van der Waals surface area (Å²) < 4.78 is 5.43. The molecule has 1 aromatic carbocycles. The summed E-state index contributed by atoms with van der Waals surface area (Å²) in [6, 6.07) is 1.42. The number of ether oxygens (including phenoxy) is 1. The topological polar surface area (TPSA) is 26.3 Å². The summed E-state index contributed by atoms with van der Waals surface area (Å²) in [5.74, 6) is -0.233. The Morgan fingerprint density at radius 3 is 2.44 bits per heavy atom. The Labute approximate surface area is 125 Å². The van der Waals surface area contributed by atoms with Gasteiger partial charge in [0.25, 0.3) is 0 Å². The average molecular weight is 328 g/mol. The molecular formula is C12H10Cl4O2. The van der Waals surface area contributed by atoms with Crippen molar-refractivity contribution in [2.24, 2.45) is 0 Å². The number of hydrogen-bond acceptors (Lipinski definition) is 2. The van der Waals surface area contributed by atoms with Gasteiger partial charge in [-0.2, -0.15) is 0 Å². The third-order valence-electron chi connectivity index (χ3n) is 2.83. The molecule has 98 valence electrons. The molecule has 2 rings (SSSR count). The fourth-order valence-corrected chi connectivity index (χ4v) is 3.00. The van der Waals surface area contributed by atoms with E-state index in [0.29, 0.717) is 13.0 Å². The molecule has 0 bridgehead atoms. The average Bonchev–Trinajstić information content (AvgIpc) is 2.37. The smallest absolute Gasteiger partial charge is 0.194 e. The van der Waals surface area contributed by atoms with Crippen LogP contribution < -0.4 is 0 Å². The lowest BCUT2D eigenvalue weighted by Gasteiger charge is -2.22. The maximum Gasteiger partial charge on any atom is 0.194 e. The van der Waals surface area contributed by atoms with Gasteiger partial charge in [0.15, 0.2) is 5.78 Å². The van der Waals surface area contributed by atoms with E-state index in [1.807, 2.05) is 0 Å². The van der Waals surface area contributed by atoms with Gasteiger partial charge >= 0.3 is 0 Å². The standard InChI is InChI=1S/C12H10Cl4O2/c13-6-5-7(14)10(15)11(16)9(6)12(17)8-3-1-2-4-18-8/h5,8H,1-4H2. The van der Waals surface area contributed by atoms with Crippen LogP contribution in [0.15, 0.2) is 6.07 Å². The van der Waals surface area contributed by atoms with E-state index in [4.69, 9.17) is 51.1 Å². The fraction of sp³-hybridized carbons (Fsp3) is 0.417. The molecule has 2 nitrogen and oxygen atoms in total. The number of carbonyl (C=O) groups is 1. The fourth-order valence-electron chi connectivity index (χ4n) is 1.90. The molecule has 1 heterocycles. The quantitative estimate of drug-likeness (QED) is 0.431. The summed E-state index contributed by atoms with van der Waals surface area (Å²) in [6.07, 6.45) is 2.09. The predicted octanol–water partition coefficient (Wildman–Crippen LogP) is 5.05. The lowest BCUT2D eigenvalue weighted by Crippen LogP contribution is -2.28. The maximum absolute atomic E-state index is 12.3. The normalized spacial score (nSPS) is 19.9. The second kappa shape index (κ2) is 5.98. The summed E-state index contributed by atoms with van der Waals surface area (Å²) in [5, 5.41) is 0.664. The zero-order valence-corrected chi connectivity index (χ0v) is 12.3. The van der Waals surface area contributed by atoms with Crippen LogP contribution in [0.5, 0.6) is 0 Å². The molecule has 0 aliphatic carbocycles. The molecule has 1 unspecified atom stereocenters. The lowest BCUT2D eigenvalue weighted by atomic mass is 10.00. The van der Waals surface area contributed by atoms with E-state index < -0.39 is 6.10 Å². The van der Waals surface area contributed by atoms with Gasteiger partial charge in [-0.15, -0.1) is 0 Å². The molecule has 0 amide bonds. The molecule has 1 fully saturated rings. The minimum atomic E-state index is -0.494. The Balaban J connectivity index is 2.38. The maximum atomic E-state index is 12.3. The predicted molar refractivity (Wildman–Crippen MR) is 74.4 cm³/mol. The van der Waals surface area contributed by atoms with Crippen molar-refractivity contribution in [3.05, 3.63) is 31.7 Å². The molecule has 1 aliphatic heterocycles. The molecule has 0 N–H and O–H groups in total. The molecule has 1 aromatic rings. The Morgan fingerprint density at radius 1 is 1.11 bits per heavy atom. The van der Waals surface area contributed by atoms with Crippen molar-refractivity contribution in [3.63, 3.8) is 0 Å². The molecule has 1 aliphatic rings. The Bertz CT molecular complexity index is 481. The third-order valence-corrected chi connectivity index (χ3v) is 4.39. The van der Waals surface area contributed by atoms with Gasteiger partial charge in [-0.25, -0.2) is 0 Å². The number of hydrogen-bond donors (Lipinski definition) is 0. The van der Waals surface area contributed by atoms with Crippen LogP contribution in [-0.4, -0.2) is 18.5 Å². The third kappa shape index (κ3) is 2.78. The largest absolute Gasteiger partial charge is 0.370 e. The van der Waals surface area contributed by atoms with Gasteiger partial charge in [0.2, 0.25) is 0 Å². The van der Waals surface area contributed by atoms with Crippen molar-refractivity contribution in [1.29, 1.82) is 0 Å². The second-order valence-corrected chi connectivity index (χ2v) is 5.63. The Kier molecular flexibility index (Phi) is 4.79. The Hall–Kier alpha value is 0.01000. The second-order valence-electron chi connectivity index (χ2n) is 4.06. The van der Waals surface area contributed by atoms with Crippen LogP contribution in [0.3, 0.4) is 0 Å². The van der Waals surface area contributed by atoms with Gasteiger partial charge in [-0.1, -0.05) is 46.4 Å². The van der Waals surface area contributed by atoms with Gasteiger partial charge in [0.1, 0.15) is 6.10 Å². The van der Waals surface area contributed by atoms with Crippen LogP contribution in [-0.2, 0) is 4.74 Å². The number of benzene rings is 1. The highest BCUT2D eigenvalue weighted by Gasteiger charge is 2.28. The van der Waals surface area contributed by atoms with Gasteiger partial charge in [0.05, 0.1) is 25.7 Å². The van der Waals surface area contributed by atoms with Crippen molar-refractivity contribution in [1.82, 2.24) is 0 Å². The lowest BCUT2D eigenvalue weighted by molar-refractivity contribution is 0.0187. The van der Waals surface area contributed by atoms with Crippen molar-refractivity contribution < 1.29 is 9.53 Å². The monoisotopic (exact) mass is 326 g/mol. The van der Waals surface area contributed by atoms with Gasteiger partial charge in [-0.3, -0.25) is 4.79 Å². The first-order valence-corrected chi connectivity index (χ1v) is 7.02. The van der Waals surface area contributed by atoms with Gasteiger partial charge in [-0.05, 0) is 25.3 Å². The van der Waals surface area contributed by atoms with Crippen LogP contribution in [0, 0.1) is 0 Å². The first-order chi connectivity index (χ1) is 8.52. The SMILES string of the molecule is O=C(c1c(Cl)cc(Cl)c(Cl)c1Cl)C1CCCCO1. The van der Waals surface area contributed by atoms with Crippen LogP contribution >= 0.6 is 46.4 Å². The van der Waals surface area contributed by atoms with E-state index in [9.17, 15) is 4.79 Å². The van der Waals surface area contributed by atoms with E-state index in [-0.39, 0.29) is 31.4 Å². The summed E-state index contributed by atoms with van der Waals surface area (Å²) >= 11 is 23.8. The summed E-state index contributed by atoms with van der Waals surface area (Å²) in [7, 11) is 0. The number of Topliss-reactive ketones (excluding diaryl/α,β-unsaturated/α-hetero) is 1. The highest BCUT2D eigenvalue weighted by atomic mass is 35.5. The van der Waals surface area contributed by atoms with Crippen molar-refractivity contribution in [3.8, 4) is 0 Å². The van der Waals surface area contributed by atoms with E-state index in [2.05, 4.69) is 0 Å². The highest BCUT2D eigenvalue weighted by molar-refractivity contribution is 6.51. The molecule has 1 atom stereocenters. The zero-order valence-electron chi connectivity index (χ0n) is 9.31. The Morgan fingerprint density at radius 2 is 1.83 bits per heavy atom. The summed E-state index contributed by atoms with van der Waals surface area (Å²) in [4.78, 5) is 12.3. The summed E-state index contributed by atoms with van der Waals surface area (Å²) in [6.45, 7) is 0.576. The molecule has 0 radical (unpaired) electrons. The minimum absolute atomic E-state index is 0.0911. The molecule has 0 saturated carbocycles.